The van der Waals surface area contributed by atoms with Gasteiger partial charge in [0, 0.05) is 36.4 Å². The van der Waals surface area contributed by atoms with Gasteiger partial charge >= 0.3 is 0 Å². The van der Waals surface area contributed by atoms with E-state index < -0.39 is 42.5 Å². The first-order valence-corrected chi connectivity index (χ1v) is 10.3. The summed E-state index contributed by atoms with van der Waals surface area (Å²) in [6.45, 7) is 1.08. The van der Waals surface area contributed by atoms with E-state index >= 15 is 0 Å². The number of fused-ring (bicyclic) bond motifs is 1. The lowest BCUT2D eigenvalue weighted by molar-refractivity contribution is -0.309. The number of likely N-dealkylation sites (N-methyl/N-ethyl adjacent to an activating group) is 1. The van der Waals surface area contributed by atoms with Crippen molar-refractivity contribution in [2.45, 2.75) is 37.1 Å². The van der Waals surface area contributed by atoms with Gasteiger partial charge in [0.2, 0.25) is 5.91 Å². The zero-order valence-electron chi connectivity index (χ0n) is 17.9. The molecule has 0 saturated carbocycles. The van der Waals surface area contributed by atoms with Gasteiger partial charge in [-0.05, 0) is 44.2 Å². The van der Waals surface area contributed by atoms with Crippen LogP contribution in [-0.2, 0) is 14.4 Å². The third-order valence-electron chi connectivity index (χ3n) is 5.59. The number of carboxylic acids is 2. The predicted molar refractivity (Wildman–Crippen MR) is 112 cm³/mol. The Bertz CT molecular complexity index is 951. The van der Waals surface area contributed by atoms with Crippen molar-refractivity contribution in [2.75, 3.05) is 25.5 Å². The number of nitrogens with two attached hydrogens (primary N) is 1. The van der Waals surface area contributed by atoms with Gasteiger partial charge in [0.15, 0.2) is 5.96 Å². The third kappa shape index (κ3) is 5.96. The van der Waals surface area contributed by atoms with Crippen LogP contribution in [-0.4, -0.2) is 79.0 Å². The Kier molecular flexibility index (Phi) is 7.45. The minimum absolute atomic E-state index is 0.0259. The van der Waals surface area contributed by atoms with Gasteiger partial charge in [-0.25, -0.2) is 4.99 Å². The van der Waals surface area contributed by atoms with E-state index in [9.17, 15) is 29.4 Å². The van der Waals surface area contributed by atoms with Crippen molar-refractivity contribution in [1.82, 2.24) is 20.9 Å². The maximum Gasteiger partial charge on any atom is 0.251 e. The average Bonchev–Trinajstić information content (AvgIpc) is 2.75. The molecule has 1 saturated heterocycles. The highest BCUT2D eigenvalue weighted by molar-refractivity contribution is 6.01. The first-order valence-electron chi connectivity index (χ1n) is 10.3. The second-order valence-electron chi connectivity index (χ2n) is 7.83. The van der Waals surface area contributed by atoms with E-state index in [1.165, 1.54) is 12.1 Å². The molecule has 2 aliphatic heterocycles. The lowest BCUT2D eigenvalue weighted by Gasteiger charge is -2.44. The second-order valence-corrected chi connectivity index (χ2v) is 7.83. The maximum atomic E-state index is 12.3. The molecule has 13 nitrogen and oxygen atoms in total. The van der Waals surface area contributed by atoms with Crippen molar-refractivity contribution in [1.29, 1.82) is 0 Å². The van der Waals surface area contributed by atoms with Gasteiger partial charge in [-0.2, -0.15) is 0 Å². The number of carbonyl (C=O) groups is 4. The van der Waals surface area contributed by atoms with Crippen molar-refractivity contribution in [3.05, 3.63) is 29.8 Å². The minimum atomic E-state index is -1.57. The first kappa shape index (κ1) is 23.9. The van der Waals surface area contributed by atoms with Gasteiger partial charge < -0.3 is 36.2 Å². The zero-order chi connectivity index (χ0) is 24.1. The van der Waals surface area contributed by atoms with Crippen molar-refractivity contribution in [2.24, 2.45) is 10.7 Å². The van der Waals surface area contributed by atoms with Crippen LogP contribution in [0.1, 0.15) is 23.2 Å². The second kappa shape index (κ2) is 10.3. The summed E-state index contributed by atoms with van der Waals surface area (Å²) in [7, 11) is 1.84. The Morgan fingerprint density at radius 1 is 1.27 bits per heavy atom. The standard InChI is InChI=1S/C20H27N7O6/c1-27-12(9-23-16-15(27)18(31)26-20(21)25-16)8-22-11-4-2-10(3-5-11)17(30)24-13(19(32)33)6-7-14(28)29/h2-5,12-13,15-16,22-23H,6-9H2,1H3,(H,24,30)(H,28,29)(H,32,33)(H3,21,25,26,31)/p-2/t12-,13?,15?,16?/m0/s1. The van der Waals surface area contributed by atoms with Gasteiger partial charge in [0.1, 0.15) is 12.2 Å². The number of carboxylic acid groups (broad SMARTS) is 2. The van der Waals surface area contributed by atoms with Crippen LogP contribution in [0, 0.1) is 0 Å². The summed E-state index contributed by atoms with van der Waals surface area (Å²) < 4.78 is 0. The summed E-state index contributed by atoms with van der Waals surface area (Å²) >= 11 is 0. The highest BCUT2D eigenvalue weighted by Crippen LogP contribution is 2.18. The van der Waals surface area contributed by atoms with Gasteiger partial charge in [-0.3, -0.25) is 25.1 Å². The van der Waals surface area contributed by atoms with E-state index in [0.29, 0.717) is 18.8 Å². The van der Waals surface area contributed by atoms with Gasteiger partial charge in [0.05, 0.1) is 12.0 Å². The molecule has 2 heterocycles. The Hall–Kier alpha value is -3.71. The molecule has 3 unspecified atom stereocenters. The molecule has 13 heteroatoms. The molecule has 0 bridgehead atoms. The van der Waals surface area contributed by atoms with E-state index in [0.717, 1.165) is 0 Å². The SMILES string of the molecule is CN1C2C(=O)NC(N)=NC2NC[C@@H]1CNc1ccc(C(=O)NC(CCC(=O)[O-])C(=O)[O-])cc1. The number of amides is 2. The highest BCUT2D eigenvalue weighted by Gasteiger charge is 2.41. The Balaban J connectivity index is 1.54. The van der Waals surface area contributed by atoms with Gasteiger partial charge in [-0.1, -0.05) is 0 Å². The number of aliphatic imine (C=N–C) groups is 1. The number of hydrogen-bond acceptors (Lipinski definition) is 11. The number of carbonyl (C=O) groups excluding carboxylic acids is 4. The monoisotopic (exact) mass is 459 g/mol. The molecule has 0 aliphatic carbocycles. The van der Waals surface area contributed by atoms with Crippen LogP contribution in [0.15, 0.2) is 29.3 Å². The summed E-state index contributed by atoms with van der Waals surface area (Å²) in [5.74, 6) is -3.79. The molecule has 0 spiro atoms. The Labute approximate surface area is 189 Å². The van der Waals surface area contributed by atoms with Crippen LogP contribution in [0.5, 0.6) is 0 Å². The lowest BCUT2D eigenvalue weighted by Crippen LogP contribution is -2.69. The molecule has 1 fully saturated rings. The topological polar surface area (TPSA) is 204 Å². The number of hydrogen-bond donors (Lipinski definition) is 5. The molecule has 3 rings (SSSR count). The number of benzene rings is 1. The molecule has 33 heavy (non-hydrogen) atoms. The summed E-state index contributed by atoms with van der Waals surface area (Å²) in [5, 5.41) is 32.9. The number of guanidine groups is 1. The number of rotatable bonds is 9. The van der Waals surface area contributed by atoms with Crippen LogP contribution in [0.4, 0.5) is 5.69 Å². The minimum Gasteiger partial charge on any atom is -0.550 e. The average molecular weight is 459 g/mol. The van der Waals surface area contributed by atoms with E-state index in [-0.39, 0.29) is 29.9 Å². The summed E-state index contributed by atoms with van der Waals surface area (Å²) in [5.41, 5.74) is 6.53. The molecular formula is C20H25N7O6-2. The van der Waals surface area contributed by atoms with Crippen LogP contribution in [0.2, 0.25) is 0 Å². The van der Waals surface area contributed by atoms with E-state index in [2.05, 4.69) is 26.3 Å². The molecule has 0 aromatic heterocycles. The number of piperazine rings is 1. The molecule has 6 N–H and O–H groups in total. The van der Waals surface area contributed by atoms with E-state index in [1.807, 2.05) is 11.9 Å². The molecule has 1 aromatic carbocycles. The van der Waals surface area contributed by atoms with Gasteiger partial charge in [-0.15, -0.1) is 0 Å². The van der Waals surface area contributed by atoms with E-state index in [4.69, 9.17) is 5.73 Å². The lowest BCUT2D eigenvalue weighted by atomic mass is 10.0. The molecule has 2 amide bonds. The molecule has 4 atom stereocenters. The zero-order valence-corrected chi connectivity index (χ0v) is 17.9. The number of nitrogens with one attached hydrogen (secondary N) is 4. The third-order valence-corrected chi connectivity index (χ3v) is 5.59. The number of anilines is 1. The summed E-state index contributed by atoms with van der Waals surface area (Å²) in [6, 6.07) is 4.37. The maximum absolute atomic E-state index is 12.3. The molecule has 0 radical (unpaired) electrons. The largest absolute Gasteiger partial charge is 0.550 e. The normalized spacial score (nSPS) is 23.5. The molecule has 2 aliphatic rings. The first-order chi connectivity index (χ1) is 15.7. The van der Waals surface area contributed by atoms with Crippen LogP contribution >= 0.6 is 0 Å². The van der Waals surface area contributed by atoms with Crippen molar-refractivity contribution in [3.8, 4) is 0 Å². The smallest absolute Gasteiger partial charge is 0.251 e. The molecule has 1 aromatic rings. The highest BCUT2D eigenvalue weighted by atomic mass is 16.4. The van der Waals surface area contributed by atoms with Crippen molar-refractivity contribution in [3.63, 3.8) is 0 Å². The fourth-order valence-electron chi connectivity index (χ4n) is 3.73. The Morgan fingerprint density at radius 2 is 1.97 bits per heavy atom. The van der Waals surface area contributed by atoms with Crippen molar-refractivity contribution < 1.29 is 29.4 Å². The van der Waals surface area contributed by atoms with E-state index in [1.54, 1.807) is 12.1 Å². The van der Waals surface area contributed by atoms with Crippen molar-refractivity contribution >= 4 is 35.4 Å². The van der Waals surface area contributed by atoms with Crippen LogP contribution in [0.25, 0.3) is 0 Å². The fourth-order valence-corrected chi connectivity index (χ4v) is 3.73. The number of nitrogens with zero attached hydrogens (tertiary/aromatic N) is 2. The van der Waals surface area contributed by atoms with Crippen LogP contribution in [0.3, 0.4) is 0 Å². The quantitative estimate of drug-likeness (QED) is 0.239. The predicted octanol–water partition coefficient (Wildman–Crippen LogP) is -4.48. The summed E-state index contributed by atoms with van der Waals surface area (Å²) in [4.78, 5) is 52.4. The van der Waals surface area contributed by atoms with Crippen LogP contribution < -0.4 is 37.2 Å². The van der Waals surface area contributed by atoms with Gasteiger partial charge in [0.25, 0.3) is 5.91 Å². The number of aliphatic carboxylic acids is 2. The Morgan fingerprint density at radius 3 is 2.61 bits per heavy atom. The molecule has 178 valence electrons. The fraction of sp³-hybridized carbons (Fsp3) is 0.450. The molecular weight excluding hydrogens is 434 g/mol. The summed E-state index contributed by atoms with van der Waals surface area (Å²) in [6.07, 6.45) is -1.26.